The molecule has 0 saturated carbocycles. The number of hydrogen-bond donors (Lipinski definition) is 0. The molecular formula is C25H25FN2O4. The highest BCUT2D eigenvalue weighted by atomic mass is 19.1. The lowest BCUT2D eigenvalue weighted by Crippen LogP contribution is -2.42. The van der Waals surface area contributed by atoms with Gasteiger partial charge in [-0.3, -0.25) is 9.59 Å². The number of para-hydroxylation sites is 1. The molecule has 0 radical (unpaired) electrons. The number of hydrogen-bond acceptors (Lipinski definition) is 4. The topological polar surface area (TPSA) is 63.0 Å². The number of amides is 2. The van der Waals surface area contributed by atoms with Gasteiger partial charge in [-0.05, 0) is 42.0 Å². The normalized spacial score (nSPS) is 10.4. The molecule has 0 saturated heterocycles. The summed E-state index contributed by atoms with van der Waals surface area (Å²) in [7, 11) is 1.49. The molecule has 1 aromatic heterocycles. The molecule has 0 spiro atoms. The maximum absolute atomic E-state index is 13.3. The summed E-state index contributed by atoms with van der Waals surface area (Å²) in [6.07, 6.45) is 3.10. The number of benzene rings is 2. The average Bonchev–Trinajstić information content (AvgIpc) is 3.32. The molecule has 1 heterocycles. The van der Waals surface area contributed by atoms with Crippen molar-refractivity contribution in [2.45, 2.75) is 13.1 Å². The lowest BCUT2D eigenvalue weighted by molar-refractivity contribution is -0.133. The van der Waals surface area contributed by atoms with E-state index in [1.54, 1.807) is 59.5 Å². The highest BCUT2D eigenvalue weighted by molar-refractivity contribution is 5.98. The minimum absolute atomic E-state index is 0.162. The van der Waals surface area contributed by atoms with Crippen molar-refractivity contribution in [2.75, 3.05) is 20.2 Å². The molecular weight excluding hydrogens is 411 g/mol. The Morgan fingerprint density at radius 1 is 1.03 bits per heavy atom. The number of furan rings is 1. The summed E-state index contributed by atoms with van der Waals surface area (Å²) in [5, 5.41) is 0. The molecule has 0 aliphatic rings. The highest BCUT2D eigenvalue weighted by Gasteiger charge is 2.24. The van der Waals surface area contributed by atoms with Crippen LogP contribution in [-0.2, 0) is 17.9 Å². The molecule has 166 valence electrons. The van der Waals surface area contributed by atoms with Gasteiger partial charge in [0.1, 0.15) is 23.9 Å². The Morgan fingerprint density at radius 2 is 1.78 bits per heavy atom. The van der Waals surface area contributed by atoms with E-state index in [0.717, 1.165) is 5.56 Å². The third-order valence-electron chi connectivity index (χ3n) is 4.87. The lowest BCUT2D eigenvalue weighted by Gasteiger charge is -2.27. The summed E-state index contributed by atoms with van der Waals surface area (Å²) in [6, 6.07) is 16.3. The molecule has 3 aromatic rings. The van der Waals surface area contributed by atoms with E-state index in [1.165, 1.54) is 30.4 Å². The van der Waals surface area contributed by atoms with Gasteiger partial charge in [-0.2, -0.15) is 0 Å². The molecule has 0 aliphatic carbocycles. The smallest absolute Gasteiger partial charge is 0.258 e. The second kappa shape index (κ2) is 10.9. The summed E-state index contributed by atoms with van der Waals surface area (Å²) in [5.74, 6) is 0.0630. The maximum atomic E-state index is 13.3. The van der Waals surface area contributed by atoms with Crippen LogP contribution < -0.4 is 4.74 Å². The summed E-state index contributed by atoms with van der Waals surface area (Å²) < 4.78 is 24.0. The van der Waals surface area contributed by atoms with Crippen molar-refractivity contribution < 1.29 is 23.1 Å². The fourth-order valence-corrected chi connectivity index (χ4v) is 3.26. The third kappa shape index (κ3) is 5.85. The van der Waals surface area contributed by atoms with Crippen LogP contribution in [0.2, 0.25) is 0 Å². The third-order valence-corrected chi connectivity index (χ3v) is 4.87. The Morgan fingerprint density at radius 3 is 2.44 bits per heavy atom. The molecule has 0 bridgehead atoms. The molecule has 6 nitrogen and oxygen atoms in total. The van der Waals surface area contributed by atoms with Gasteiger partial charge in [0.05, 0.1) is 25.5 Å². The molecule has 3 rings (SSSR count). The summed E-state index contributed by atoms with van der Waals surface area (Å²) in [6.45, 7) is 4.19. The van der Waals surface area contributed by atoms with Gasteiger partial charge in [0.15, 0.2) is 0 Å². The van der Waals surface area contributed by atoms with Crippen molar-refractivity contribution in [2.24, 2.45) is 0 Å². The number of rotatable bonds is 10. The Hall–Kier alpha value is -3.87. The van der Waals surface area contributed by atoms with Gasteiger partial charge < -0.3 is 19.0 Å². The van der Waals surface area contributed by atoms with Crippen LogP contribution in [-0.4, -0.2) is 41.8 Å². The molecule has 2 amide bonds. The molecule has 0 unspecified atom stereocenters. The van der Waals surface area contributed by atoms with Gasteiger partial charge in [-0.1, -0.05) is 30.3 Å². The van der Waals surface area contributed by atoms with E-state index in [0.29, 0.717) is 17.1 Å². The first-order valence-corrected chi connectivity index (χ1v) is 10.1. The van der Waals surface area contributed by atoms with E-state index in [1.807, 2.05) is 0 Å². The summed E-state index contributed by atoms with van der Waals surface area (Å²) in [4.78, 5) is 29.4. The van der Waals surface area contributed by atoms with E-state index in [-0.39, 0.29) is 43.8 Å². The van der Waals surface area contributed by atoms with E-state index in [4.69, 9.17) is 9.15 Å². The van der Waals surface area contributed by atoms with Crippen LogP contribution in [0.5, 0.6) is 5.75 Å². The van der Waals surface area contributed by atoms with Gasteiger partial charge in [0.2, 0.25) is 5.91 Å². The number of carbonyl (C=O) groups is 2. The predicted molar refractivity (Wildman–Crippen MR) is 118 cm³/mol. The zero-order valence-electron chi connectivity index (χ0n) is 17.9. The van der Waals surface area contributed by atoms with Crippen molar-refractivity contribution in [1.29, 1.82) is 0 Å². The van der Waals surface area contributed by atoms with Gasteiger partial charge >= 0.3 is 0 Å². The Balaban J connectivity index is 1.81. The number of ether oxygens (including phenoxy) is 1. The van der Waals surface area contributed by atoms with Crippen LogP contribution in [0.3, 0.4) is 0 Å². The van der Waals surface area contributed by atoms with E-state index in [9.17, 15) is 14.0 Å². The fourth-order valence-electron chi connectivity index (χ4n) is 3.26. The second-order valence-corrected chi connectivity index (χ2v) is 7.13. The van der Waals surface area contributed by atoms with E-state index >= 15 is 0 Å². The van der Waals surface area contributed by atoms with Crippen LogP contribution >= 0.6 is 0 Å². The van der Waals surface area contributed by atoms with Gasteiger partial charge in [0.25, 0.3) is 5.91 Å². The number of nitrogens with zero attached hydrogens (tertiary/aromatic N) is 2. The first kappa shape index (κ1) is 22.8. The second-order valence-electron chi connectivity index (χ2n) is 7.13. The molecule has 32 heavy (non-hydrogen) atoms. The zero-order valence-corrected chi connectivity index (χ0v) is 17.9. The van der Waals surface area contributed by atoms with Gasteiger partial charge in [0, 0.05) is 13.1 Å². The minimum atomic E-state index is -0.350. The maximum Gasteiger partial charge on any atom is 0.258 e. The van der Waals surface area contributed by atoms with Crippen molar-refractivity contribution >= 4 is 11.8 Å². The highest BCUT2D eigenvalue weighted by Crippen LogP contribution is 2.20. The van der Waals surface area contributed by atoms with E-state index < -0.39 is 0 Å². The summed E-state index contributed by atoms with van der Waals surface area (Å²) in [5.41, 5.74) is 1.12. The number of methoxy groups -OCH3 is 1. The number of carbonyl (C=O) groups excluding carboxylic acids is 2. The van der Waals surface area contributed by atoms with Crippen LogP contribution in [0, 0.1) is 5.82 Å². The minimum Gasteiger partial charge on any atom is -0.496 e. The molecule has 7 heteroatoms. The SMILES string of the molecule is C=CCN(CC(=O)N(Cc1ccc(F)cc1)Cc1ccco1)C(=O)c1ccccc1OC. The molecule has 0 aliphatic heterocycles. The Labute approximate surface area is 186 Å². The van der Waals surface area contributed by atoms with Crippen LogP contribution in [0.1, 0.15) is 21.7 Å². The average molecular weight is 436 g/mol. The summed E-state index contributed by atoms with van der Waals surface area (Å²) >= 11 is 0. The quantitative estimate of drug-likeness (QED) is 0.445. The molecule has 0 fully saturated rings. The Kier molecular flexibility index (Phi) is 7.80. The Bertz CT molecular complexity index is 1050. The standard InChI is InChI=1S/C25H25FN2O4/c1-3-14-27(25(30)22-8-4-5-9-23(22)31-2)18-24(29)28(17-21-7-6-15-32-21)16-19-10-12-20(26)13-11-19/h3-13,15H,1,14,16-18H2,2H3. The fraction of sp³-hybridized carbons (Fsp3) is 0.200. The van der Waals surface area contributed by atoms with Crippen LogP contribution in [0.15, 0.2) is 84.0 Å². The van der Waals surface area contributed by atoms with Crippen LogP contribution in [0.4, 0.5) is 4.39 Å². The van der Waals surface area contributed by atoms with Crippen molar-refractivity contribution in [3.8, 4) is 5.75 Å². The first-order chi connectivity index (χ1) is 15.5. The van der Waals surface area contributed by atoms with Crippen molar-refractivity contribution in [3.63, 3.8) is 0 Å². The predicted octanol–water partition coefficient (Wildman–Crippen LogP) is 4.28. The van der Waals surface area contributed by atoms with Crippen molar-refractivity contribution in [1.82, 2.24) is 9.80 Å². The largest absolute Gasteiger partial charge is 0.496 e. The molecule has 0 atom stereocenters. The lowest BCUT2D eigenvalue weighted by atomic mass is 10.1. The zero-order chi connectivity index (χ0) is 22.9. The van der Waals surface area contributed by atoms with Crippen molar-refractivity contribution in [3.05, 3.63) is 102 Å². The van der Waals surface area contributed by atoms with Crippen LogP contribution in [0.25, 0.3) is 0 Å². The first-order valence-electron chi connectivity index (χ1n) is 10.1. The van der Waals surface area contributed by atoms with Gasteiger partial charge in [-0.25, -0.2) is 4.39 Å². The molecule has 0 N–H and O–H groups in total. The molecule has 2 aromatic carbocycles. The number of halogens is 1. The monoisotopic (exact) mass is 436 g/mol. The van der Waals surface area contributed by atoms with Gasteiger partial charge in [-0.15, -0.1) is 6.58 Å². The van der Waals surface area contributed by atoms with E-state index in [2.05, 4.69) is 6.58 Å².